The van der Waals surface area contributed by atoms with Crippen molar-refractivity contribution in [2.24, 2.45) is 0 Å². The Morgan fingerprint density at radius 3 is 2.48 bits per heavy atom. The molecule has 1 unspecified atom stereocenters. The lowest BCUT2D eigenvalue weighted by Crippen LogP contribution is -2.28. The molecule has 0 saturated heterocycles. The number of pyridine rings is 1. The second-order valence-corrected chi connectivity index (χ2v) is 6.44. The van der Waals surface area contributed by atoms with E-state index in [2.05, 4.69) is 15.0 Å². The molecule has 0 aliphatic heterocycles. The average Bonchev–Trinajstić information content (AvgIpc) is 2.48. The highest BCUT2D eigenvalue weighted by Crippen LogP contribution is 2.19. The number of aromatic nitrogens is 1. The van der Waals surface area contributed by atoms with E-state index in [0.29, 0.717) is 11.4 Å². The van der Waals surface area contributed by atoms with Crippen LogP contribution in [0.2, 0.25) is 0 Å². The standard InChI is InChI=1S/C15H19N3O2S/c1-12(13-7-9-17-10-8-13)18-21(19,20)15-6-4-3-5-14(15)11-16-2/h3-10,12,16,18H,11H2,1-2H3. The van der Waals surface area contributed by atoms with Crippen molar-refractivity contribution in [3.8, 4) is 0 Å². The summed E-state index contributed by atoms with van der Waals surface area (Å²) in [5.74, 6) is 0. The minimum absolute atomic E-state index is 0.306. The van der Waals surface area contributed by atoms with Crippen LogP contribution in [0.25, 0.3) is 0 Å². The molecule has 0 fully saturated rings. The molecular weight excluding hydrogens is 286 g/mol. The molecule has 5 nitrogen and oxygen atoms in total. The minimum atomic E-state index is -3.57. The number of hydrogen-bond acceptors (Lipinski definition) is 4. The summed E-state index contributed by atoms with van der Waals surface area (Å²) in [4.78, 5) is 4.24. The highest BCUT2D eigenvalue weighted by molar-refractivity contribution is 7.89. The minimum Gasteiger partial charge on any atom is -0.316 e. The topological polar surface area (TPSA) is 71.1 Å². The highest BCUT2D eigenvalue weighted by Gasteiger charge is 2.20. The number of benzene rings is 1. The molecule has 0 saturated carbocycles. The Morgan fingerprint density at radius 1 is 1.14 bits per heavy atom. The lowest BCUT2D eigenvalue weighted by molar-refractivity contribution is 0.565. The van der Waals surface area contributed by atoms with Gasteiger partial charge in [-0.15, -0.1) is 0 Å². The van der Waals surface area contributed by atoms with Crippen LogP contribution in [0, 0.1) is 0 Å². The van der Waals surface area contributed by atoms with E-state index in [-0.39, 0.29) is 6.04 Å². The Morgan fingerprint density at radius 2 is 1.81 bits per heavy atom. The molecule has 2 aromatic rings. The molecule has 0 amide bonds. The molecule has 21 heavy (non-hydrogen) atoms. The zero-order chi connectivity index (χ0) is 15.3. The number of sulfonamides is 1. The summed E-state index contributed by atoms with van der Waals surface area (Å²) in [6, 6.07) is 10.3. The van der Waals surface area contributed by atoms with Crippen molar-refractivity contribution in [1.82, 2.24) is 15.0 Å². The summed E-state index contributed by atoms with van der Waals surface area (Å²) >= 11 is 0. The maximum absolute atomic E-state index is 12.6. The third kappa shape index (κ3) is 3.87. The van der Waals surface area contributed by atoms with Gasteiger partial charge in [0.15, 0.2) is 0 Å². The highest BCUT2D eigenvalue weighted by atomic mass is 32.2. The van der Waals surface area contributed by atoms with Gasteiger partial charge in [0.2, 0.25) is 10.0 Å². The first kappa shape index (κ1) is 15.6. The third-order valence-electron chi connectivity index (χ3n) is 3.17. The summed E-state index contributed by atoms with van der Waals surface area (Å²) in [5, 5.41) is 2.98. The Labute approximate surface area is 125 Å². The van der Waals surface area contributed by atoms with Gasteiger partial charge in [-0.1, -0.05) is 18.2 Å². The predicted octanol–water partition coefficient (Wildman–Crippen LogP) is 1.84. The molecule has 1 aromatic carbocycles. The van der Waals surface area contributed by atoms with Crippen molar-refractivity contribution in [2.45, 2.75) is 24.4 Å². The molecule has 112 valence electrons. The fourth-order valence-electron chi connectivity index (χ4n) is 2.12. The van der Waals surface area contributed by atoms with Gasteiger partial charge in [0.1, 0.15) is 0 Å². The van der Waals surface area contributed by atoms with Crippen LogP contribution < -0.4 is 10.0 Å². The first-order valence-electron chi connectivity index (χ1n) is 6.69. The number of rotatable bonds is 6. The molecule has 2 rings (SSSR count). The van der Waals surface area contributed by atoms with Gasteiger partial charge in [-0.3, -0.25) is 4.98 Å². The van der Waals surface area contributed by atoms with Gasteiger partial charge in [-0.05, 0) is 43.3 Å². The van der Waals surface area contributed by atoms with Gasteiger partial charge < -0.3 is 5.32 Å². The summed E-state index contributed by atoms with van der Waals surface area (Å²) < 4.78 is 27.8. The summed E-state index contributed by atoms with van der Waals surface area (Å²) in [5.41, 5.74) is 1.62. The predicted molar refractivity (Wildman–Crippen MR) is 82.2 cm³/mol. The van der Waals surface area contributed by atoms with Crippen molar-refractivity contribution in [3.63, 3.8) is 0 Å². The van der Waals surface area contributed by atoms with Crippen LogP contribution in [0.4, 0.5) is 0 Å². The second kappa shape index (κ2) is 6.80. The monoisotopic (exact) mass is 305 g/mol. The Kier molecular flexibility index (Phi) is 5.06. The maximum atomic E-state index is 12.6. The van der Waals surface area contributed by atoms with Gasteiger partial charge in [0.25, 0.3) is 0 Å². The second-order valence-electron chi connectivity index (χ2n) is 4.76. The van der Waals surface area contributed by atoms with Crippen molar-refractivity contribution in [2.75, 3.05) is 7.05 Å². The molecular formula is C15H19N3O2S. The zero-order valence-electron chi connectivity index (χ0n) is 12.1. The van der Waals surface area contributed by atoms with Crippen LogP contribution in [0.3, 0.4) is 0 Å². The average molecular weight is 305 g/mol. The van der Waals surface area contributed by atoms with E-state index in [9.17, 15) is 8.42 Å². The molecule has 1 atom stereocenters. The summed E-state index contributed by atoms with van der Waals surface area (Å²) in [6.45, 7) is 2.31. The largest absolute Gasteiger partial charge is 0.316 e. The van der Waals surface area contributed by atoms with Crippen molar-refractivity contribution in [1.29, 1.82) is 0 Å². The van der Waals surface area contributed by atoms with Crippen LogP contribution in [-0.4, -0.2) is 20.4 Å². The van der Waals surface area contributed by atoms with Gasteiger partial charge >= 0.3 is 0 Å². The number of nitrogens with zero attached hydrogens (tertiary/aromatic N) is 1. The first-order chi connectivity index (χ1) is 10.0. The Bertz CT molecular complexity index is 687. The lowest BCUT2D eigenvalue weighted by atomic mass is 10.1. The fourth-order valence-corrected chi connectivity index (χ4v) is 3.59. The van der Waals surface area contributed by atoms with Crippen molar-refractivity contribution < 1.29 is 8.42 Å². The fraction of sp³-hybridized carbons (Fsp3) is 0.267. The van der Waals surface area contributed by atoms with Gasteiger partial charge in [-0.25, -0.2) is 13.1 Å². The molecule has 0 bridgehead atoms. The smallest absolute Gasteiger partial charge is 0.241 e. The molecule has 0 aliphatic rings. The van der Waals surface area contributed by atoms with E-state index in [1.165, 1.54) is 0 Å². The summed E-state index contributed by atoms with van der Waals surface area (Å²) in [7, 11) is -1.78. The Balaban J connectivity index is 2.27. The van der Waals surface area contributed by atoms with Crippen LogP contribution in [0.15, 0.2) is 53.7 Å². The van der Waals surface area contributed by atoms with Crippen LogP contribution in [0.5, 0.6) is 0 Å². The molecule has 0 radical (unpaired) electrons. The zero-order valence-corrected chi connectivity index (χ0v) is 12.9. The Hall–Kier alpha value is -1.76. The van der Waals surface area contributed by atoms with Gasteiger partial charge in [0.05, 0.1) is 4.90 Å². The molecule has 0 aliphatic carbocycles. The van der Waals surface area contributed by atoms with E-state index < -0.39 is 10.0 Å². The van der Waals surface area contributed by atoms with Gasteiger partial charge in [0, 0.05) is 25.0 Å². The van der Waals surface area contributed by atoms with Crippen molar-refractivity contribution in [3.05, 3.63) is 59.9 Å². The molecule has 1 heterocycles. The van der Waals surface area contributed by atoms with E-state index in [4.69, 9.17) is 0 Å². The third-order valence-corrected chi connectivity index (χ3v) is 4.81. The maximum Gasteiger partial charge on any atom is 0.241 e. The number of nitrogens with one attached hydrogen (secondary N) is 2. The summed E-state index contributed by atoms with van der Waals surface area (Å²) in [6.07, 6.45) is 3.30. The molecule has 2 N–H and O–H groups in total. The lowest BCUT2D eigenvalue weighted by Gasteiger charge is -2.16. The normalized spacial score (nSPS) is 13.0. The quantitative estimate of drug-likeness (QED) is 0.854. The van der Waals surface area contributed by atoms with Crippen LogP contribution in [-0.2, 0) is 16.6 Å². The molecule has 0 spiro atoms. The van der Waals surface area contributed by atoms with E-state index in [0.717, 1.165) is 11.1 Å². The van der Waals surface area contributed by atoms with Crippen molar-refractivity contribution >= 4 is 10.0 Å². The molecule has 1 aromatic heterocycles. The van der Waals surface area contributed by atoms with E-state index in [1.807, 2.05) is 19.1 Å². The molecule has 6 heteroatoms. The SMILES string of the molecule is CNCc1ccccc1S(=O)(=O)NC(C)c1ccncc1. The van der Waals surface area contributed by atoms with E-state index in [1.54, 1.807) is 43.7 Å². The first-order valence-corrected chi connectivity index (χ1v) is 8.17. The van der Waals surface area contributed by atoms with Gasteiger partial charge in [-0.2, -0.15) is 0 Å². The van der Waals surface area contributed by atoms with Crippen LogP contribution >= 0.6 is 0 Å². The number of hydrogen-bond donors (Lipinski definition) is 2. The van der Waals surface area contributed by atoms with E-state index >= 15 is 0 Å². The van der Waals surface area contributed by atoms with Crippen LogP contribution in [0.1, 0.15) is 24.1 Å².